The summed E-state index contributed by atoms with van der Waals surface area (Å²) in [7, 11) is -2.33. The van der Waals surface area contributed by atoms with Crippen molar-refractivity contribution >= 4 is 16.0 Å². The summed E-state index contributed by atoms with van der Waals surface area (Å²) >= 11 is 0. The molecule has 1 rings (SSSR count). The van der Waals surface area contributed by atoms with Gasteiger partial charge in [0.2, 0.25) is 10.0 Å². The number of nitrogens with one attached hydrogen (secondary N) is 1. The zero-order valence-electron chi connectivity index (χ0n) is 8.97. The van der Waals surface area contributed by atoms with Gasteiger partial charge in [0.05, 0.1) is 10.8 Å². The fraction of sp³-hybridized carbons (Fsp3) is 0.300. The fourth-order valence-corrected chi connectivity index (χ4v) is 2.36. The maximum atomic E-state index is 11.6. The van der Waals surface area contributed by atoms with Crippen LogP contribution in [-0.2, 0) is 14.8 Å². The van der Waals surface area contributed by atoms with Crippen LogP contribution in [0.5, 0.6) is 0 Å². The Labute approximate surface area is 94.2 Å². The molecular weight excluding hydrogens is 230 g/mol. The van der Waals surface area contributed by atoms with Gasteiger partial charge in [0.15, 0.2) is 0 Å². The predicted molar refractivity (Wildman–Crippen MR) is 58.7 cm³/mol. The molecule has 1 aromatic rings. The van der Waals surface area contributed by atoms with Crippen molar-refractivity contribution in [2.75, 3.05) is 7.05 Å². The van der Waals surface area contributed by atoms with E-state index in [9.17, 15) is 13.2 Å². The molecule has 0 aliphatic heterocycles. The Kier molecular flexibility index (Phi) is 3.66. The van der Waals surface area contributed by atoms with Crippen molar-refractivity contribution in [1.82, 2.24) is 4.72 Å². The highest BCUT2D eigenvalue weighted by atomic mass is 32.2. The van der Waals surface area contributed by atoms with E-state index in [0.717, 1.165) is 0 Å². The van der Waals surface area contributed by atoms with Crippen LogP contribution in [0.4, 0.5) is 0 Å². The highest BCUT2D eigenvalue weighted by Gasteiger charge is 2.23. The van der Waals surface area contributed by atoms with Gasteiger partial charge in [-0.1, -0.05) is 18.2 Å². The van der Waals surface area contributed by atoms with E-state index in [1.54, 1.807) is 12.1 Å². The van der Waals surface area contributed by atoms with Crippen LogP contribution in [0.15, 0.2) is 29.2 Å². The molecule has 0 amide bonds. The Balaban J connectivity index is 3.37. The van der Waals surface area contributed by atoms with Gasteiger partial charge < -0.3 is 5.11 Å². The predicted octanol–water partition coefficient (Wildman–Crippen LogP) is 0.783. The molecule has 0 heterocycles. The van der Waals surface area contributed by atoms with Crippen molar-refractivity contribution in [2.45, 2.75) is 17.7 Å². The molecule has 16 heavy (non-hydrogen) atoms. The van der Waals surface area contributed by atoms with Crippen molar-refractivity contribution in [3.8, 4) is 0 Å². The van der Waals surface area contributed by atoms with Gasteiger partial charge in [-0.2, -0.15) is 0 Å². The van der Waals surface area contributed by atoms with Crippen LogP contribution in [0.25, 0.3) is 0 Å². The van der Waals surface area contributed by atoms with Crippen molar-refractivity contribution < 1.29 is 18.3 Å². The topological polar surface area (TPSA) is 83.5 Å². The molecule has 5 nitrogen and oxygen atoms in total. The molecule has 2 N–H and O–H groups in total. The van der Waals surface area contributed by atoms with E-state index in [0.29, 0.717) is 0 Å². The molecule has 0 saturated heterocycles. The Bertz CT molecular complexity index is 495. The number of carbonyl (C=O) groups is 1. The van der Waals surface area contributed by atoms with Crippen molar-refractivity contribution in [1.29, 1.82) is 0 Å². The number of sulfonamides is 1. The van der Waals surface area contributed by atoms with Crippen molar-refractivity contribution in [3.05, 3.63) is 29.8 Å². The first kappa shape index (κ1) is 12.7. The van der Waals surface area contributed by atoms with E-state index in [-0.39, 0.29) is 10.5 Å². The molecule has 6 heteroatoms. The Morgan fingerprint density at radius 1 is 1.38 bits per heavy atom. The maximum Gasteiger partial charge on any atom is 0.310 e. The lowest BCUT2D eigenvalue weighted by atomic mass is 10.0. The minimum Gasteiger partial charge on any atom is -0.481 e. The summed E-state index contributed by atoms with van der Waals surface area (Å²) in [6, 6.07) is 6.06. The smallest absolute Gasteiger partial charge is 0.310 e. The van der Waals surface area contributed by atoms with Crippen LogP contribution in [0, 0.1) is 0 Å². The molecule has 0 bridgehead atoms. The van der Waals surface area contributed by atoms with Gasteiger partial charge in [-0.15, -0.1) is 0 Å². The summed E-state index contributed by atoms with van der Waals surface area (Å²) in [6.07, 6.45) is 0. The first-order chi connectivity index (χ1) is 7.40. The molecule has 1 aromatic carbocycles. The second kappa shape index (κ2) is 4.63. The molecule has 0 aliphatic rings. The van der Waals surface area contributed by atoms with E-state index >= 15 is 0 Å². The Morgan fingerprint density at radius 2 is 1.94 bits per heavy atom. The number of carboxylic acids is 1. The summed E-state index contributed by atoms with van der Waals surface area (Å²) in [6.45, 7) is 1.45. The number of carboxylic acid groups (broad SMARTS) is 1. The van der Waals surface area contributed by atoms with Gasteiger partial charge in [0.25, 0.3) is 0 Å². The largest absolute Gasteiger partial charge is 0.481 e. The summed E-state index contributed by atoms with van der Waals surface area (Å²) in [5.41, 5.74) is 0.282. The number of benzene rings is 1. The van der Waals surface area contributed by atoms with Crippen LogP contribution < -0.4 is 4.72 Å². The van der Waals surface area contributed by atoms with Crippen LogP contribution in [0.2, 0.25) is 0 Å². The molecule has 0 aromatic heterocycles. The monoisotopic (exact) mass is 243 g/mol. The standard InChI is InChI=1S/C10H13NO4S/c1-7(10(12)13)8-5-3-4-6-9(8)16(14,15)11-2/h3-7,11H,1-2H3,(H,12,13). The lowest BCUT2D eigenvalue weighted by Gasteiger charge is -2.12. The Morgan fingerprint density at radius 3 is 2.44 bits per heavy atom. The zero-order chi connectivity index (χ0) is 12.3. The van der Waals surface area contributed by atoms with E-state index in [1.807, 2.05) is 0 Å². The lowest BCUT2D eigenvalue weighted by Crippen LogP contribution is -2.22. The first-order valence-electron chi connectivity index (χ1n) is 4.65. The summed E-state index contributed by atoms with van der Waals surface area (Å²) in [5, 5.41) is 8.88. The quantitative estimate of drug-likeness (QED) is 0.818. The molecule has 0 spiro atoms. The third-order valence-corrected chi connectivity index (χ3v) is 3.80. The maximum absolute atomic E-state index is 11.6. The van der Waals surface area contributed by atoms with Crippen LogP contribution in [-0.4, -0.2) is 26.5 Å². The van der Waals surface area contributed by atoms with Crippen LogP contribution in [0.3, 0.4) is 0 Å². The zero-order valence-corrected chi connectivity index (χ0v) is 9.78. The Hall–Kier alpha value is -1.40. The SMILES string of the molecule is CNS(=O)(=O)c1ccccc1C(C)C(=O)O. The van der Waals surface area contributed by atoms with E-state index in [4.69, 9.17) is 5.11 Å². The van der Waals surface area contributed by atoms with Gasteiger partial charge >= 0.3 is 5.97 Å². The number of hydrogen-bond donors (Lipinski definition) is 2. The lowest BCUT2D eigenvalue weighted by molar-refractivity contribution is -0.138. The van der Waals surface area contributed by atoms with Gasteiger partial charge in [-0.3, -0.25) is 4.79 Å². The number of aliphatic carboxylic acids is 1. The highest BCUT2D eigenvalue weighted by Crippen LogP contribution is 2.23. The number of hydrogen-bond acceptors (Lipinski definition) is 3. The van der Waals surface area contributed by atoms with E-state index in [1.165, 1.54) is 26.1 Å². The van der Waals surface area contributed by atoms with Crippen molar-refractivity contribution in [2.24, 2.45) is 0 Å². The van der Waals surface area contributed by atoms with E-state index < -0.39 is 21.9 Å². The fourth-order valence-electron chi connectivity index (χ4n) is 1.33. The van der Waals surface area contributed by atoms with Crippen LogP contribution in [0.1, 0.15) is 18.4 Å². The van der Waals surface area contributed by atoms with Gasteiger partial charge in [0, 0.05) is 0 Å². The third-order valence-electron chi connectivity index (χ3n) is 2.31. The average Bonchev–Trinajstić information content (AvgIpc) is 2.28. The normalized spacial score (nSPS) is 13.4. The minimum atomic E-state index is -3.62. The molecule has 1 atom stereocenters. The highest BCUT2D eigenvalue weighted by molar-refractivity contribution is 7.89. The minimum absolute atomic E-state index is 0.00685. The molecule has 1 unspecified atom stereocenters. The number of rotatable bonds is 4. The van der Waals surface area contributed by atoms with Gasteiger partial charge in [-0.05, 0) is 25.6 Å². The van der Waals surface area contributed by atoms with E-state index in [2.05, 4.69) is 4.72 Å². The first-order valence-corrected chi connectivity index (χ1v) is 6.13. The molecule has 0 saturated carbocycles. The third kappa shape index (κ3) is 2.40. The summed E-state index contributed by atoms with van der Waals surface area (Å²) in [5.74, 6) is -1.92. The second-order valence-corrected chi connectivity index (χ2v) is 5.16. The summed E-state index contributed by atoms with van der Waals surface area (Å²) < 4.78 is 25.5. The average molecular weight is 243 g/mol. The van der Waals surface area contributed by atoms with Crippen LogP contribution >= 0.6 is 0 Å². The molecule has 88 valence electrons. The molecular formula is C10H13NO4S. The molecule has 0 fully saturated rings. The van der Waals surface area contributed by atoms with Gasteiger partial charge in [-0.25, -0.2) is 13.1 Å². The van der Waals surface area contributed by atoms with Crippen molar-refractivity contribution in [3.63, 3.8) is 0 Å². The summed E-state index contributed by atoms with van der Waals surface area (Å²) in [4.78, 5) is 10.9. The van der Waals surface area contributed by atoms with Gasteiger partial charge in [0.1, 0.15) is 0 Å². The molecule has 0 radical (unpaired) electrons. The second-order valence-electron chi connectivity index (χ2n) is 3.31. The molecule has 0 aliphatic carbocycles.